The van der Waals surface area contributed by atoms with E-state index in [1.807, 2.05) is 19.1 Å². The third-order valence-electron chi connectivity index (χ3n) is 3.92. The molecule has 0 fully saturated rings. The number of fused-ring (bicyclic) bond motifs is 1. The van der Waals surface area contributed by atoms with Gasteiger partial charge in [0.25, 0.3) is 5.91 Å². The highest BCUT2D eigenvalue weighted by atomic mass is 16.5. The van der Waals surface area contributed by atoms with Gasteiger partial charge in [0.15, 0.2) is 11.8 Å². The fourth-order valence-corrected chi connectivity index (χ4v) is 2.44. The van der Waals surface area contributed by atoms with Crippen LogP contribution in [0.2, 0.25) is 0 Å². The highest BCUT2D eigenvalue weighted by molar-refractivity contribution is 5.97. The summed E-state index contributed by atoms with van der Waals surface area (Å²) in [6.07, 6.45) is 0.636. The van der Waals surface area contributed by atoms with Crippen LogP contribution >= 0.6 is 0 Å². The van der Waals surface area contributed by atoms with Crippen LogP contribution in [0.15, 0.2) is 48.7 Å². The third kappa shape index (κ3) is 3.66. The number of nitrogens with one attached hydrogen (secondary N) is 1. The van der Waals surface area contributed by atoms with Crippen molar-refractivity contribution < 1.29 is 19.1 Å². The molecule has 3 rings (SSSR count). The Morgan fingerprint density at radius 1 is 1.15 bits per heavy atom. The number of ether oxygens (including phenoxy) is 2. The number of imidazole rings is 1. The predicted molar refractivity (Wildman–Crippen MR) is 96.4 cm³/mol. The van der Waals surface area contributed by atoms with Crippen LogP contribution in [0, 0.1) is 6.92 Å². The van der Waals surface area contributed by atoms with Gasteiger partial charge in [-0.15, -0.1) is 0 Å². The molecule has 0 saturated carbocycles. The van der Waals surface area contributed by atoms with Crippen molar-refractivity contribution in [3.05, 3.63) is 60.0 Å². The molecule has 0 spiro atoms. The largest absolute Gasteiger partial charge is 0.497 e. The number of aryl methyl sites for hydroxylation is 1. The predicted octanol–water partition coefficient (Wildman–Crippen LogP) is 2.84. The van der Waals surface area contributed by atoms with E-state index >= 15 is 0 Å². The molecule has 1 atom stereocenters. The van der Waals surface area contributed by atoms with Gasteiger partial charge in [0, 0.05) is 17.6 Å². The number of nitrogens with zero attached hydrogens (tertiary/aromatic N) is 2. The number of esters is 1. The fourth-order valence-electron chi connectivity index (χ4n) is 2.44. The van der Waals surface area contributed by atoms with Crippen molar-refractivity contribution in [1.82, 2.24) is 9.38 Å². The lowest BCUT2D eigenvalue weighted by Gasteiger charge is -2.13. The number of rotatable bonds is 5. The second-order valence-corrected chi connectivity index (χ2v) is 5.79. The van der Waals surface area contributed by atoms with Crippen LogP contribution in [0.3, 0.4) is 0 Å². The van der Waals surface area contributed by atoms with Crippen molar-refractivity contribution in [1.29, 1.82) is 0 Å². The van der Waals surface area contributed by atoms with Gasteiger partial charge in [0.2, 0.25) is 0 Å². The van der Waals surface area contributed by atoms with Gasteiger partial charge in [0.1, 0.15) is 11.4 Å². The van der Waals surface area contributed by atoms with Gasteiger partial charge in [0.05, 0.1) is 7.11 Å². The summed E-state index contributed by atoms with van der Waals surface area (Å²) in [5, 5.41) is 2.69. The summed E-state index contributed by atoms with van der Waals surface area (Å²) >= 11 is 0. The number of aromatic nitrogens is 2. The Morgan fingerprint density at radius 3 is 2.54 bits per heavy atom. The molecule has 7 nitrogen and oxygen atoms in total. The number of hydrogen-bond acceptors (Lipinski definition) is 5. The van der Waals surface area contributed by atoms with E-state index in [0.29, 0.717) is 17.1 Å². The van der Waals surface area contributed by atoms with Crippen LogP contribution in [-0.2, 0) is 9.53 Å². The van der Waals surface area contributed by atoms with E-state index in [1.54, 1.807) is 48.0 Å². The standard InChI is InChI=1S/C19H19N3O4/c1-12-5-4-6-17-21-16(11-22(12)17)19(24)26-13(2)18(23)20-14-7-9-15(25-3)10-8-14/h4-11,13H,1-3H3,(H,20,23)/t13-/m1/s1. The van der Waals surface area contributed by atoms with Crippen molar-refractivity contribution >= 4 is 23.2 Å². The first-order chi connectivity index (χ1) is 12.5. The lowest BCUT2D eigenvalue weighted by Crippen LogP contribution is -2.30. The van der Waals surface area contributed by atoms with Crippen LogP contribution in [-0.4, -0.2) is 34.5 Å². The van der Waals surface area contributed by atoms with Gasteiger partial charge in [-0.3, -0.25) is 4.79 Å². The number of hydrogen-bond donors (Lipinski definition) is 1. The van der Waals surface area contributed by atoms with Crippen LogP contribution in [0.1, 0.15) is 23.1 Å². The van der Waals surface area contributed by atoms with E-state index in [-0.39, 0.29) is 5.69 Å². The number of amides is 1. The number of pyridine rings is 1. The van der Waals surface area contributed by atoms with E-state index in [2.05, 4.69) is 10.3 Å². The zero-order valence-corrected chi connectivity index (χ0v) is 14.7. The molecule has 7 heteroatoms. The SMILES string of the molecule is COc1ccc(NC(=O)[C@@H](C)OC(=O)c2cn3c(C)cccc3n2)cc1. The molecule has 0 bridgehead atoms. The molecule has 3 aromatic rings. The molecule has 2 aromatic heterocycles. The molecule has 1 N–H and O–H groups in total. The van der Waals surface area contributed by atoms with Crippen LogP contribution in [0.25, 0.3) is 5.65 Å². The van der Waals surface area contributed by atoms with Crippen LogP contribution in [0.4, 0.5) is 5.69 Å². The Morgan fingerprint density at radius 2 is 1.88 bits per heavy atom. The monoisotopic (exact) mass is 353 g/mol. The van der Waals surface area contributed by atoms with Crippen molar-refractivity contribution in [3.63, 3.8) is 0 Å². The molecule has 134 valence electrons. The molecular weight excluding hydrogens is 334 g/mol. The molecule has 0 aliphatic heterocycles. The Bertz CT molecular complexity index is 947. The summed E-state index contributed by atoms with van der Waals surface area (Å²) in [6, 6.07) is 12.4. The molecular formula is C19H19N3O4. The van der Waals surface area contributed by atoms with Gasteiger partial charge in [-0.2, -0.15) is 0 Å². The molecule has 0 aliphatic carbocycles. The summed E-state index contributed by atoms with van der Waals surface area (Å²) < 4.78 is 12.1. The Labute approximate surface area is 150 Å². The molecule has 1 amide bonds. The van der Waals surface area contributed by atoms with Gasteiger partial charge >= 0.3 is 5.97 Å². The molecule has 0 saturated heterocycles. The van der Waals surface area contributed by atoms with Gasteiger partial charge in [-0.1, -0.05) is 6.07 Å². The zero-order chi connectivity index (χ0) is 18.7. The van der Waals surface area contributed by atoms with Gasteiger partial charge in [-0.05, 0) is 50.2 Å². The molecule has 2 heterocycles. The minimum Gasteiger partial charge on any atom is -0.497 e. The average molecular weight is 353 g/mol. The minimum atomic E-state index is -0.962. The maximum atomic E-state index is 12.3. The van der Waals surface area contributed by atoms with E-state index in [4.69, 9.17) is 9.47 Å². The lowest BCUT2D eigenvalue weighted by atomic mass is 10.3. The maximum absolute atomic E-state index is 12.3. The number of carbonyl (C=O) groups excluding carboxylic acids is 2. The number of anilines is 1. The van der Waals surface area contributed by atoms with Crippen LogP contribution < -0.4 is 10.1 Å². The maximum Gasteiger partial charge on any atom is 0.359 e. The summed E-state index contributed by atoms with van der Waals surface area (Å²) in [7, 11) is 1.57. The second-order valence-electron chi connectivity index (χ2n) is 5.79. The van der Waals surface area contributed by atoms with Crippen molar-refractivity contribution in [2.75, 3.05) is 12.4 Å². The summed E-state index contributed by atoms with van der Waals surface area (Å²) in [5.74, 6) is -0.390. The number of methoxy groups -OCH3 is 1. The zero-order valence-electron chi connectivity index (χ0n) is 14.7. The fraction of sp³-hybridized carbons (Fsp3) is 0.211. The van der Waals surface area contributed by atoms with E-state index < -0.39 is 18.0 Å². The summed E-state index contributed by atoms with van der Waals surface area (Å²) in [4.78, 5) is 28.7. The molecule has 1 aromatic carbocycles. The first-order valence-electron chi connectivity index (χ1n) is 8.08. The minimum absolute atomic E-state index is 0.156. The Balaban J connectivity index is 1.65. The second kappa shape index (κ2) is 7.26. The lowest BCUT2D eigenvalue weighted by molar-refractivity contribution is -0.123. The van der Waals surface area contributed by atoms with Crippen molar-refractivity contribution in [2.24, 2.45) is 0 Å². The van der Waals surface area contributed by atoms with Crippen molar-refractivity contribution in [2.45, 2.75) is 20.0 Å². The van der Waals surface area contributed by atoms with Crippen LogP contribution in [0.5, 0.6) is 5.75 Å². The summed E-state index contributed by atoms with van der Waals surface area (Å²) in [5.41, 5.74) is 2.33. The Kier molecular flexibility index (Phi) is 4.88. The quantitative estimate of drug-likeness (QED) is 0.713. The summed E-state index contributed by atoms with van der Waals surface area (Å²) in [6.45, 7) is 3.42. The van der Waals surface area contributed by atoms with E-state index in [0.717, 1.165) is 5.69 Å². The molecule has 0 unspecified atom stereocenters. The normalized spacial score (nSPS) is 11.8. The van der Waals surface area contributed by atoms with Gasteiger partial charge < -0.3 is 19.2 Å². The Hall–Kier alpha value is -3.35. The molecule has 0 radical (unpaired) electrons. The highest BCUT2D eigenvalue weighted by Crippen LogP contribution is 2.16. The van der Waals surface area contributed by atoms with E-state index in [9.17, 15) is 9.59 Å². The smallest absolute Gasteiger partial charge is 0.359 e. The first-order valence-corrected chi connectivity index (χ1v) is 8.08. The molecule has 26 heavy (non-hydrogen) atoms. The first kappa shape index (κ1) is 17.5. The topological polar surface area (TPSA) is 81.9 Å². The third-order valence-corrected chi connectivity index (χ3v) is 3.92. The van der Waals surface area contributed by atoms with Crippen molar-refractivity contribution in [3.8, 4) is 5.75 Å². The average Bonchev–Trinajstić information content (AvgIpc) is 3.08. The van der Waals surface area contributed by atoms with Gasteiger partial charge in [-0.25, -0.2) is 9.78 Å². The highest BCUT2D eigenvalue weighted by Gasteiger charge is 2.21. The number of carbonyl (C=O) groups is 2. The molecule has 0 aliphatic rings. The number of benzene rings is 1. The van der Waals surface area contributed by atoms with E-state index in [1.165, 1.54) is 6.92 Å².